The zero-order valence-corrected chi connectivity index (χ0v) is 16.5. The van der Waals surface area contributed by atoms with Crippen LogP contribution in [0, 0.1) is 0 Å². The molecule has 0 spiro atoms. The topological polar surface area (TPSA) is 97.6 Å². The number of benzene rings is 3. The summed E-state index contributed by atoms with van der Waals surface area (Å²) in [5.41, 5.74) is 12.8. The van der Waals surface area contributed by atoms with E-state index in [2.05, 4.69) is 20.7 Å². The molecule has 0 amide bonds. The van der Waals surface area contributed by atoms with E-state index in [4.69, 9.17) is 15.2 Å². The monoisotopic (exact) mass is 412 g/mol. The molecule has 0 fully saturated rings. The van der Waals surface area contributed by atoms with Gasteiger partial charge in [-0.3, -0.25) is 10.4 Å². The van der Waals surface area contributed by atoms with Crippen LogP contribution >= 0.6 is 0 Å². The largest absolute Gasteiger partial charge is 0.454 e. The van der Waals surface area contributed by atoms with Crippen LogP contribution in [0.4, 0.5) is 34.4 Å². The van der Waals surface area contributed by atoms with E-state index in [0.29, 0.717) is 28.8 Å². The molecule has 0 unspecified atom stereocenters. The van der Waals surface area contributed by atoms with Crippen LogP contribution in [-0.4, -0.2) is 16.8 Å². The van der Waals surface area contributed by atoms with Crippen molar-refractivity contribution in [3.05, 3.63) is 85.2 Å². The number of para-hydroxylation sites is 2. The molecule has 0 atom stereocenters. The fraction of sp³-hybridized carbons (Fsp3) is 0.0435. The maximum absolute atomic E-state index is 6.42. The Hall–Kier alpha value is -4.46. The molecule has 4 aromatic rings. The number of rotatable bonds is 6. The van der Waals surface area contributed by atoms with E-state index in [1.54, 1.807) is 0 Å². The van der Waals surface area contributed by atoms with Crippen molar-refractivity contribution in [1.29, 1.82) is 0 Å². The SMILES string of the molecule is Nc1c(Nc2ccc3c(c2)OCO3)ncnc1NN(c1ccccc1)c1ccccc1. The van der Waals surface area contributed by atoms with E-state index >= 15 is 0 Å². The maximum Gasteiger partial charge on any atom is 0.231 e. The first-order chi connectivity index (χ1) is 15.3. The summed E-state index contributed by atoms with van der Waals surface area (Å²) < 4.78 is 10.8. The predicted molar refractivity (Wildman–Crippen MR) is 121 cm³/mol. The molecule has 3 aromatic carbocycles. The maximum atomic E-state index is 6.42. The van der Waals surface area contributed by atoms with E-state index in [1.165, 1.54) is 6.33 Å². The van der Waals surface area contributed by atoms with Crippen LogP contribution in [0.1, 0.15) is 0 Å². The molecule has 1 aromatic heterocycles. The highest BCUT2D eigenvalue weighted by Gasteiger charge is 2.16. The third-order valence-electron chi connectivity index (χ3n) is 4.77. The molecule has 154 valence electrons. The minimum absolute atomic E-state index is 0.220. The van der Waals surface area contributed by atoms with Crippen LogP contribution in [-0.2, 0) is 0 Å². The average molecular weight is 412 g/mol. The summed E-state index contributed by atoms with van der Waals surface area (Å²) in [4.78, 5) is 8.66. The van der Waals surface area contributed by atoms with Gasteiger partial charge in [0.2, 0.25) is 6.79 Å². The van der Waals surface area contributed by atoms with Gasteiger partial charge >= 0.3 is 0 Å². The molecule has 31 heavy (non-hydrogen) atoms. The van der Waals surface area contributed by atoms with Gasteiger partial charge in [0, 0.05) is 11.8 Å². The predicted octanol–water partition coefficient (Wildman–Crippen LogP) is 4.70. The molecule has 0 saturated carbocycles. The summed E-state index contributed by atoms with van der Waals surface area (Å²) in [6, 6.07) is 25.4. The van der Waals surface area contributed by atoms with E-state index < -0.39 is 0 Å². The van der Waals surface area contributed by atoms with Gasteiger partial charge < -0.3 is 20.5 Å². The Kier molecular flexibility index (Phi) is 4.86. The van der Waals surface area contributed by atoms with Crippen molar-refractivity contribution in [3.8, 4) is 11.5 Å². The smallest absolute Gasteiger partial charge is 0.231 e. The Morgan fingerprint density at radius 1 is 0.774 bits per heavy atom. The summed E-state index contributed by atoms with van der Waals surface area (Å²) in [6.45, 7) is 0.220. The lowest BCUT2D eigenvalue weighted by Gasteiger charge is -2.26. The quantitative estimate of drug-likeness (QED) is 0.392. The molecule has 5 rings (SSSR count). The Labute approximate surface area is 179 Å². The first-order valence-electron chi connectivity index (χ1n) is 9.72. The van der Waals surface area contributed by atoms with E-state index in [9.17, 15) is 0 Å². The second-order valence-electron chi connectivity index (χ2n) is 6.80. The summed E-state index contributed by atoms with van der Waals surface area (Å²) in [5, 5.41) is 5.14. The lowest BCUT2D eigenvalue weighted by molar-refractivity contribution is 0.174. The van der Waals surface area contributed by atoms with Gasteiger partial charge in [-0.2, -0.15) is 0 Å². The summed E-state index contributed by atoms with van der Waals surface area (Å²) in [6.07, 6.45) is 1.46. The zero-order valence-electron chi connectivity index (χ0n) is 16.5. The Morgan fingerprint density at radius 2 is 1.42 bits per heavy atom. The average Bonchev–Trinajstić information content (AvgIpc) is 3.29. The zero-order chi connectivity index (χ0) is 21.0. The lowest BCUT2D eigenvalue weighted by atomic mass is 10.2. The standard InChI is InChI=1S/C23H20N6O2/c24-21-22(27-16-11-12-19-20(13-16)31-15-30-19)25-14-26-23(21)28-29(17-7-3-1-4-8-17)18-9-5-2-6-10-18/h1-14H,15,24H2,(H2,25,26,27,28). The van der Waals surface area contributed by atoms with Crippen LogP contribution in [0.15, 0.2) is 85.2 Å². The molecule has 0 saturated heterocycles. The van der Waals surface area contributed by atoms with Crippen LogP contribution in [0.25, 0.3) is 0 Å². The van der Waals surface area contributed by atoms with Crippen molar-refractivity contribution >= 4 is 34.4 Å². The number of ether oxygens (including phenoxy) is 2. The highest BCUT2D eigenvalue weighted by atomic mass is 16.7. The molecular weight excluding hydrogens is 392 g/mol. The first kappa shape index (κ1) is 18.6. The van der Waals surface area contributed by atoms with Gasteiger partial charge in [-0.15, -0.1) is 0 Å². The highest BCUT2D eigenvalue weighted by Crippen LogP contribution is 2.36. The molecule has 4 N–H and O–H groups in total. The number of nitrogen functional groups attached to an aromatic ring is 1. The van der Waals surface area contributed by atoms with Crippen LogP contribution in [0.2, 0.25) is 0 Å². The van der Waals surface area contributed by atoms with Gasteiger partial charge in [-0.05, 0) is 36.4 Å². The number of anilines is 6. The Balaban J connectivity index is 1.44. The van der Waals surface area contributed by atoms with Gasteiger partial charge in [-0.1, -0.05) is 36.4 Å². The number of aromatic nitrogens is 2. The van der Waals surface area contributed by atoms with Crippen molar-refractivity contribution in [3.63, 3.8) is 0 Å². The third kappa shape index (κ3) is 3.86. The second kappa shape index (κ2) is 8.11. The minimum Gasteiger partial charge on any atom is -0.454 e. The third-order valence-corrected chi connectivity index (χ3v) is 4.77. The molecule has 0 aliphatic carbocycles. The number of nitrogens with zero attached hydrogens (tertiary/aromatic N) is 3. The fourth-order valence-corrected chi connectivity index (χ4v) is 3.23. The molecule has 8 heteroatoms. The van der Waals surface area contributed by atoms with Gasteiger partial charge in [-0.25, -0.2) is 9.97 Å². The molecule has 1 aliphatic heterocycles. The van der Waals surface area contributed by atoms with Gasteiger partial charge in [0.25, 0.3) is 0 Å². The van der Waals surface area contributed by atoms with E-state index in [1.807, 2.05) is 83.9 Å². The molecule has 2 heterocycles. The highest BCUT2D eigenvalue weighted by molar-refractivity contribution is 5.80. The van der Waals surface area contributed by atoms with Crippen LogP contribution in [0.3, 0.4) is 0 Å². The molecule has 8 nitrogen and oxygen atoms in total. The van der Waals surface area contributed by atoms with Crippen LogP contribution in [0.5, 0.6) is 11.5 Å². The Morgan fingerprint density at radius 3 is 2.13 bits per heavy atom. The van der Waals surface area contributed by atoms with Crippen molar-refractivity contribution in [2.24, 2.45) is 0 Å². The number of hydrogen-bond acceptors (Lipinski definition) is 8. The van der Waals surface area contributed by atoms with E-state index in [0.717, 1.165) is 17.1 Å². The normalized spacial score (nSPS) is 11.7. The lowest BCUT2D eigenvalue weighted by Crippen LogP contribution is -2.26. The Bertz CT molecular complexity index is 1150. The van der Waals surface area contributed by atoms with Crippen molar-refractivity contribution in [2.75, 3.05) is 28.3 Å². The fourth-order valence-electron chi connectivity index (χ4n) is 3.23. The molecule has 0 bridgehead atoms. The number of hydrazine groups is 1. The van der Waals surface area contributed by atoms with Gasteiger partial charge in [0.15, 0.2) is 23.1 Å². The van der Waals surface area contributed by atoms with Crippen LogP contribution < -0.4 is 31.0 Å². The van der Waals surface area contributed by atoms with Gasteiger partial charge in [0.05, 0.1) is 11.4 Å². The number of fused-ring (bicyclic) bond motifs is 1. The summed E-state index contributed by atoms with van der Waals surface area (Å²) in [7, 11) is 0. The first-order valence-corrected chi connectivity index (χ1v) is 9.72. The van der Waals surface area contributed by atoms with E-state index in [-0.39, 0.29) is 6.79 Å². The molecule has 1 aliphatic rings. The number of nitrogens with one attached hydrogen (secondary N) is 2. The number of nitrogens with two attached hydrogens (primary N) is 1. The summed E-state index contributed by atoms with van der Waals surface area (Å²) >= 11 is 0. The minimum atomic E-state index is 0.220. The molecule has 0 radical (unpaired) electrons. The van der Waals surface area contributed by atoms with Crippen molar-refractivity contribution in [1.82, 2.24) is 9.97 Å². The van der Waals surface area contributed by atoms with Crippen molar-refractivity contribution in [2.45, 2.75) is 0 Å². The molecular formula is C23H20N6O2. The van der Waals surface area contributed by atoms with Crippen molar-refractivity contribution < 1.29 is 9.47 Å². The second-order valence-corrected chi connectivity index (χ2v) is 6.80. The van der Waals surface area contributed by atoms with Gasteiger partial charge in [0.1, 0.15) is 12.0 Å². The summed E-state index contributed by atoms with van der Waals surface area (Å²) in [5.74, 6) is 2.35. The number of hydrogen-bond donors (Lipinski definition) is 3.